The Bertz CT molecular complexity index is 1080. The summed E-state index contributed by atoms with van der Waals surface area (Å²) in [5.74, 6) is 1.30. The molecule has 196 valence electrons. The Hall–Kier alpha value is -1.79. The maximum Gasteiger partial charge on any atom is 0.227 e. The number of aliphatic hydroxyl groups is 1. The number of rotatable bonds is 7. The third kappa shape index (κ3) is 5.70. The molecule has 2 aromatic carbocycles. The van der Waals surface area contributed by atoms with Gasteiger partial charge in [-0.3, -0.25) is 4.79 Å². The van der Waals surface area contributed by atoms with Crippen LogP contribution in [-0.4, -0.2) is 66.8 Å². The van der Waals surface area contributed by atoms with Crippen LogP contribution in [0.15, 0.2) is 42.5 Å². The number of hydrogen-bond acceptors (Lipinski definition) is 4. The number of methoxy groups -OCH3 is 1. The lowest BCUT2D eigenvalue weighted by molar-refractivity contribution is -0.138. The van der Waals surface area contributed by atoms with Gasteiger partial charge in [-0.15, -0.1) is 0 Å². The fourth-order valence-corrected chi connectivity index (χ4v) is 6.61. The van der Waals surface area contributed by atoms with Gasteiger partial charge in [0, 0.05) is 30.5 Å². The molecule has 1 aliphatic heterocycles. The predicted octanol–water partition coefficient (Wildman–Crippen LogP) is 5.44. The number of amides is 1. The molecule has 5 nitrogen and oxygen atoms in total. The van der Waals surface area contributed by atoms with Crippen molar-refractivity contribution in [1.82, 2.24) is 9.80 Å². The quantitative estimate of drug-likeness (QED) is 0.515. The van der Waals surface area contributed by atoms with E-state index in [1.54, 1.807) is 19.2 Å². The van der Waals surface area contributed by atoms with Crippen LogP contribution in [0.5, 0.6) is 5.75 Å². The Morgan fingerprint density at radius 1 is 1.22 bits per heavy atom. The highest BCUT2D eigenvalue weighted by Crippen LogP contribution is 2.50. The summed E-state index contributed by atoms with van der Waals surface area (Å²) < 4.78 is 5.56. The first-order valence-corrected chi connectivity index (χ1v) is 13.6. The predicted molar refractivity (Wildman–Crippen MR) is 146 cm³/mol. The fourth-order valence-electron chi connectivity index (χ4n) is 6.29. The molecule has 1 saturated carbocycles. The van der Waals surface area contributed by atoms with Crippen molar-refractivity contribution < 1.29 is 14.6 Å². The maximum absolute atomic E-state index is 13.7. The first kappa shape index (κ1) is 27.3. The van der Waals surface area contributed by atoms with Crippen LogP contribution in [0.1, 0.15) is 44.2 Å². The Kier molecular flexibility index (Phi) is 8.56. The van der Waals surface area contributed by atoms with Crippen LogP contribution >= 0.6 is 23.2 Å². The van der Waals surface area contributed by atoms with Gasteiger partial charge in [-0.05, 0) is 74.2 Å². The minimum absolute atomic E-state index is 0.0523. The molecule has 1 aliphatic carbocycles. The number of nitrogens with zero attached hydrogens (tertiary/aromatic N) is 2. The molecule has 2 aromatic rings. The van der Waals surface area contributed by atoms with Crippen LogP contribution in [0.2, 0.25) is 10.0 Å². The minimum Gasteiger partial charge on any atom is -0.497 e. The van der Waals surface area contributed by atoms with Gasteiger partial charge in [-0.2, -0.15) is 0 Å². The Morgan fingerprint density at radius 2 is 2.00 bits per heavy atom. The van der Waals surface area contributed by atoms with Crippen LogP contribution < -0.4 is 4.74 Å². The van der Waals surface area contributed by atoms with Gasteiger partial charge in [0.25, 0.3) is 0 Å². The minimum atomic E-state index is -0.495. The van der Waals surface area contributed by atoms with Crippen molar-refractivity contribution in [3.8, 4) is 5.75 Å². The number of ether oxygens (including phenoxy) is 1. The zero-order valence-electron chi connectivity index (χ0n) is 21.7. The van der Waals surface area contributed by atoms with Gasteiger partial charge in [0.2, 0.25) is 5.91 Å². The number of likely N-dealkylation sites (tertiary alicyclic amines) is 1. The van der Waals surface area contributed by atoms with Gasteiger partial charge in [-0.25, -0.2) is 0 Å². The van der Waals surface area contributed by atoms with Gasteiger partial charge < -0.3 is 19.6 Å². The summed E-state index contributed by atoms with van der Waals surface area (Å²) in [6.45, 7) is 6.71. The lowest BCUT2D eigenvalue weighted by atomic mass is 9.56. The molecular weight excluding hydrogens is 495 g/mol. The molecule has 1 saturated heterocycles. The SMILES string of the molecule is COc1cccc(C23CCN(C)CC2C(O)CC(N(CC(C)C)C(=O)Cc2ccc(Cl)c(Cl)c2)C3)c1. The molecule has 0 radical (unpaired) electrons. The Labute approximate surface area is 225 Å². The number of hydrogen-bond donors (Lipinski definition) is 1. The summed E-state index contributed by atoms with van der Waals surface area (Å²) in [7, 11) is 3.81. The van der Waals surface area contributed by atoms with Crippen molar-refractivity contribution in [2.24, 2.45) is 11.8 Å². The van der Waals surface area contributed by atoms with Crippen LogP contribution in [0.3, 0.4) is 0 Å². The molecule has 1 heterocycles. The van der Waals surface area contributed by atoms with Gasteiger partial charge in [-0.1, -0.05) is 55.2 Å². The summed E-state index contributed by atoms with van der Waals surface area (Å²) in [4.78, 5) is 18.1. The number of piperidine rings is 1. The molecule has 2 fully saturated rings. The normalized spacial score (nSPS) is 26.5. The van der Waals surface area contributed by atoms with Gasteiger partial charge in [0.05, 0.1) is 29.7 Å². The molecule has 1 amide bonds. The monoisotopic (exact) mass is 532 g/mol. The number of halogens is 2. The van der Waals surface area contributed by atoms with E-state index in [9.17, 15) is 9.90 Å². The smallest absolute Gasteiger partial charge is 0.227 e. The van der Waals surface area contributed by atoms with Gasteiger partial charge in [0.1, 0.15) is 5.75 Å². The van der Waals surface area contributed by atoms with Crippen LogP contribution in [-0.2, 0) is 16.6 Å². The molecule has 0 bridgehead atoms. The van der Waals surface area contributed by atoms with Crippen molar-refractivity contribution in [3.05, 3.63) is 63.6 Å². The molecule has 7 heteroatoms. The first-order valence-electron chi connectivity index (χ1n) is 12.9. The van der Waals surface area contributed by atoms with E-state index in [1.807, 2.05) is 23.1 Å². The summed E-state index contributed by atoms with van der Waals surface area (Å²) >= 11 is 12.3. The van der Waals surface area contributed by atoms with Crippen LogP contribution in [0.4, 0.5) is 0 Å². The highest BCUT2D eigenvalue weighted by molar-refractivity contribution is 6.42. The molecule has 36 heavy (non-hydrogen) atoms. The van der Waals surface area contributed by atoms with E-state index in [-0.39, 0.29) is 29.7 Å². The van der Waals surface area contributed by atoms with Crippen LogP contribution in [0.25, 0.3) is 0 Å². The second-order valence-electron chi connectivity index (χ2n) is 11.0. The fraction of sp³-hybridized carbons (Fsp3) is 0.552. The number of carbonyl (C=O) groups excluding carboxylic acids is 1. The van der Waals surface area contributed by atoms with Gasteiger partial charge in [0.15, 0.2) is 0 Å². The van der Waals surface area contributed by atoms with Crippen molar-refractivity contribution >= 4 is 29.1 Å². The zero-order chi connectivity index (χ0) is 26.0. The average molecular weight is 534 g/mol. The number of aliphatic hydroxyl groups excluding tert-OH is 1. The largest absolute Gasteiger partial charge is 0.497 e. The van der Waals surface area contributed by atoms with Crippen molar-refractivity contribution in [2.75, 3.05) is 33.8 Å². The van der Waals surface area contributed by atoms with E-state index in [4.69, 9.17) is 27.9 Å². The Balaban J connectivity index is 1.68. The summed E-state index contributed by atoms with van der Waals surface area (Å²) in [5, 5.41) is 12.5. The molecule has 4 rings (SSSR count). The van der Waals surface area contributed by atoms with E-state index in [2.05, 4.69) is 37.9 Å². The highest BCUT2D eigenvalue weighted by atomic mass is 35.5. The average Bonchev–Trinajstić information content (AvgIpc) is 2.85. The van der Waals surface area contributed by atoms with Crippen molar-refractivity contribution in [1.29, 1.82) is 0 Å². The van der Waals surface area contributed by atoms with E-state index in [0.717, 1.165) is 37.2 Å². The molecule has 4 atom stereocenters. The number of carbonyl (C=O) groups is 1. The van der Waals surface area contributed by atoms with E-state index < -0.39 is 6.10 Å². The molecule has 4 unspecified atom stereocenters. The summed E-state index contributed by atoms with van der Waals surface area (Å²) in [5.41, 5.74) is 1.83. The zero-order valence-corrected chi connectivity index (χ0v) is 23.2. The highest BCUT2D eigenvalue weighted by Gasteiger charge is 2.53. The summed E-state index contributed by atoms with van der Waals surface area (Å²) in [6, 6.07) is 13.6. The van der Waals surface area contributed by atoms with E-state index >= 15 is 0 Å². The molecule has 0 spiro atoms. The van der Waals surface area contributed by atoms with Crippen molar-refractivity contribution in [2.45, 2.75) is 57.1 Å². The molecule has 2 aliphatic rings. The molecule has 0 aromatic heterocycles. The standard InChI is InChI=1S/C29H38Cl2N2O3/c1-19(2)17-33(28(35)13-20-8-9-25(30)26(31)12-20)22-15-27(34)24-18-32(3)11-10-29(24,16-22)21-6-5-7-23(14-21)36-4/h5-9,12,14,19,22,24,27,34H,10-11,13,15-18H2,1-4H3. The topological polar surface area (TPSA) is 53.0 Å². The molecular formula is C29H38Cl2N2O3. The first-order chi connectivity index (χ1) is 17.1. The second kappa shape index (κ2) is 11.3. The summed E-state index contributed by atoms with van der Waals surface area (Å²) in [6.07, 6.45) is 2.12. The van der Waals surface area contributed by atoms with Crippen LogP contribution in [0, 0.1) is 11.8 Å². The van der Waals surface area contributed by atoms with E-state index in [0.29, 0.717) is 28.9 Å². The lowest BCUT2D eigenvalue weighted by Crippen LogP contribution is -2.61. The maximum atomic E-state index is 13.7. The van der Waals surface area contributed by atoms with Crippen molar-refractivity contribution in [3.63, 3.8) is 0 Å². The number of fused-ring (bicyclic) bond motifs is 1. The third-order valence-corrected chi connectivity index (χ3v) is 8.78. The van der Waals surface area contributed by atoms with E-state index in [1.165, 1.54) is 5.56 Å². The third-order valence-electron chi connectivity index (χ3n) is 8.04. The second-order valence-corrected chi connectivity index (χ2v) is 11.8. The Morgan fingerprint density at radius 3 is 2.69 bits per heavy atom. The lowest BCUT2D eigenvalue weighted by Gasteiger charge is -2.56. The molecule has 1 N–H and O–H groups in total. The van der Waals surface area contributed by atoms with Gasteiger partial charge >= 0.3 is 0 Å². The number of benzene rings is 2.